The molecule has 1 saturated heterocycles. The predicted octanol–water partition coefficient (Wildman–Crippen LogP) is 0.463. The Morgan fingerprint density at radius 3 is 2.61 bits per heavy atom. The number of aryl methyl sites for hydroxylation is 2. The second kappa shape index (κ2) is 5.38. The second-order valence-electron chi connectivity index (χ2n) is 4.62. The second-order valence-corrected chi connectivity index (χ2v) is 6.66. The van der Waals surface area contributed by atoms with E-state index < -0.39 is 10.0 Å². The molecule has 0 radical (unpaired) electrons. The van der Waals surface area contributed by atoms with E-state index in [9.17, 15) is 8.42 Å². The minimum atomic E-state index is -3.25. The van der Waals surface area contributed by atoms with Crippen LogP contribution in [-0.4, -0.2) is 31.9 Å². The molecule has 102 valence electrons. The molecule has 1 aliphatic rings. The molecule has 1 aromatic rings. The van der Waals surface area contributed by atoms with E-state index >= 15 is 0 Å². The first kappa shape index (κ1) is 13.5. The molecule has 2 rings (SSSR count). The largest absolute Gasteiger partial charge is 0.361 e. The van der Waals surface area contributed by atoms with Crippen molar-refractivity contribution in [3.63, 3.8) is 0 Å². The SMILES string of the molecule is Cc1noc(C)c1CNS(=O)(=O)C1CCNCC1. The minimum Gasteiger partial charge on any atom is -0.361 e. The fraction of sp³-hybridized carbons (Fsp3) is 0.727. The van der Waals surface area contributed by atoms with E-state index in [4.69, 9.17) is 4.52 Å². The lowest BCUT2D eigenvalue weighted by atomic mass is 10.2. The van der Waals surface area contributed by atoms with E-state index in [-0.39, 0.29) is 11.8 Å². The van der Waals surface area contributed by atoms with Crippen molar-refractivity contribution in [3.05, 3.63) is 17.0 Å². The van der Waals surface area contributed by atoms with E-state index in [0.717, 1.165) is 24.3 Å². The molecule has 7 heteroatoms. The summed E-state index contributed by atoms with van der Waals surface area (Å²) in [6, 6.07) is 0. The van der Waals surface area contributed by atoms with Gasteiger partial charge in [-0.25, -0.2) is 13.1 Å². The Morgan fingerprint density at radius 2 is 2.06 bits per heavy atom. The zero-order chi connectivity index (χ0) is 13.2. The third-order valence-electron chi connectivity index (χ3n) is 3.36. The van der Waals surface area contributed by atoms with Crippen LogP contribution < -0.4 is 10.0 Å². The van der Waals surface area contributed by atoms with Crippen LogP contribution in [0.4, 0.5) is 0 Å². The van der Waals surface area contributed by atoms with Gasteiger partial charge >= 0.3 is 0 Å². The number of hydrogen-bond acceptors (Lipinski definition) is 5. The van der Waals surface area contributed by atoms with E-state index in [2.05, 4.69) is 15.2 Å². The highest BCUT2D eigenvalue weighted by molar-refractivity contribution is 7.90. The van der Waals surface area contributed by atoms with Gasteiger partial charge in [-0.15, -0.1) is 0 Å². The maximum atomic E-state index is 12.1. The molecule has 1 aliphatic heterocycles. The Bertz CT molecular complexity index is 484. The molecule has 0 atom stereocenters. The molecule has 2 N–H and O–H groups in total. The van der Waals surface area contributed by atoms with Gasteiger partial charge in [-0.05, 0) is 39.8 Å². The van der Waals surface area contributed by atoms with E-state index in [1.807, 2.05) is 6.92 Å². The van der Waals surface area contributed by atoms with Crippen molar-refractivity contribution in [3.8, 4) is 0 Å². The number of aromatic nitrogens is 1. The quantitative estimate of drug-likeness (QED) is 0.832. The minimum absolute atomic E-state index is 0.257. The lowest BCUT2D eigenvalue weighted by Crippen LogP contribution is -2.41. The summed E-state index contributed by atoms with van der Waals surface area (Å²) in [5.41, 5.74) is 1.56. The van der Waals surface area contributed by atoms with Gasteiger partial charge in [0.2, 0.25) is 10.0 Å². The van der Waals surface area contributed by atoms with Gasteiger partial charge in [0.1, 0.15) is 5.76 Å². The van der Waals surface area contributed by atoms with Crippen LogP contribution in [-0.2, 0) is 16.6 Å². The van der Waals surface area contributed by atoms with Crippen molar-refractivity contribution in [2.75, 3.05) is 13.1 Å². The van der Waals surface area contributed by atoms with E-state index in [0.29, 0.717) is 18.6 Å². The summed E-state index contributed by atoms with van der Waals surface area (Å²) in [6.07, 6.45) is 1.33. The third kappa shape index (κ3) is 2.90. The van der Waals surface area contributed by atoms with Crippen LogP contribution >= 0.6 is 0 Å². The van der Waals surface area contributed by atoms with Gasteiger partial charge in [0, 0.05) is 12.1 Å². The first-order chi connectivity index (χ1) is 8.50. The summed E-state index contributed by atoms with van der Waals surface area (Å²) in [5.74, 6) is 0.667. The smallest absolute Gasteiger partial charge is 0.214 e. The molecule has 0 spiro atoms. The van der Waals surface area contributed by atoms with Crippen LogP contribution in [0.1, 0.15) is 29.9 Å². The highest BCUT2D eigenvalue weighted by Crippen LogP contribution is 2.15. The van der Waals surface area contributed by atoms with Crippen LogP contribution in [0, 0.1) is 13.8 Å². The summed E-state index contributed by atoms with van der Waals surface area (Å²) in [5, 5.41) is 6.67. The van der Waals surface area contributed by atoms with E-state index in [1.165, 1.54) is 0 Å². The topological polar surface area (TPSA) is 84.2 Å². The molecule has 0 unspecified atom stereocenters. The summed E-state index contributed by atoms with van der Waals surface area (Å²) in [4.78, 5) is 0. The van der Waals surface area contributed by atoms with Gasteiger partial charge in [-0.2, -0.15) is 0 Å². The Morgan fingerprint density at radius 1 is 1.39 bits per heavy atom. The van der Waals surface area contributed by atoms with Crippen LogP contribution in [0.15, 0.2) is 4.52 Å². The lowest BCUT2D eigenvalue weighted by Gasteiger charge is -2.22. The average Bonchev–Trinajstić information content (AvgIpc) is 2.68. The van der Waals surface area contributed by atoms with Crippen LogP contribution in [0.5, 0.6) is 0 Å². The summed E-state index contributed by atoms with van der Waals surface area (Å²) >= 11 is 0. The lowest BCUT2D eigenvalue weighted by molar-refractivity contribution is 0.392. The molecule has 0 bridgehead atoms. The summed E-state index contributed by atoms with van der Waals surface area (Å²) in [6.45, 7) is 5.38. The maximum absolute atomic E-state index is 12.1. The van der Waals surface area contributed by atoms with Crippen LogP contribution in [0.3, 0.4) is 0 Å². The fourth-order valence-corrected chi connectivity index (χ4v) is 3.59. The van der Waals surface area contributed by atoms with Crippen LogP contribution in [0.25, 0.3) is 0 Å². The maximum Gasteiger partial charge on any atom is 0.214 e. The number of sulfonamides is 1. The fourth-order valence-electron chi connectivity index (χ4n) is 2.15. The highest BCUT2D eigenvalue weighted by atomic mass is 32.2. The molecule has 18 heavy (non-hydrogen) atoms. The molecular weight excluding hydrogens is 254 g/mol. The summed E-state index contributed by atoms with van der Waals surface area (Å²) in [7, 11) is -3.25. The van der Waals surface area contributed by atoms with Gasteiger partial charge in [0.15, 0.2) is 0 Å². The Hall–Kier alpha value is -0.920. The van der Waals surface area contributed by atoms with E-state index in [1.54, 1.807) is 6.92 Å². The summed E-state index contributed by atoms with van der Waals surface area (Å²) < 4.78 is 31.9. The average molecular weight is 273 g/mol. The van der Waals surface area contributed by atoms with Crippen molar-refractivity contribution in [1.82, 2.24) is 15.2 Å². The van der Waals surface area contributed by atoms with Crippen LogP contribution in [0.2, 0.25) is 0 Å². The van der Waals surface area contributed by atoms with Crippen molar-refractivity contribution in [2.24, 2.45) is 0 Å². The normalized spacial score (nSPS) is 18.1. The molecule has 0 saturated carbocycles. The standard InChI is InChI=1S/C11H19N3O3S/c1-8-11(9(2)17-14-8)7-13-18(15,16)10-3-5-12-6-4-10/h10,12-13H,3-7H2,1-2H3. The Labute approximate surface area is 107 Å². The monoisotopic (exact) mass is 273 g/mol. The molecule has 1 aromatic heterocycles. The molecule has 2 heterocycles. The number of hydrogen-bond donors (Lipinski definition) is 2. The van der Waals surface area contributed by atoms with Crippen molar-refractivity contribution in [1.29, 1.82) is 0 Å². The molecule has 0 aromatic carbocycles. The number of rotatable bonds is 4. The first-order valence-corrected chi connectivity index (χ1v) is 7.66. The molecule has 1 fully saturated rings. The highest BCUT2D eigenvalue weighted by Gasteiger charge is 2.27. The van der Waals surface area contributed by atoms with Gasteiger partial charge in [0.25, 0.3) is 0 Å². The molecule has 0 amide bonds. The van der Waals surface area contributed by atoms with Gasteiger partial charge in [0.05, 0.1) is 10.9 Å². The van der Waals surface area contributed by atoms with Crippen molar-refractivity contribution < 1.29 is 12.9 Å². The van der Waals surface area contributed by atoms with Crippen molar-refractivity contribution >= 4 is 10.0 Å². The first-order valence-electron chi connectivity index (χ1n) is 6.11. The van der Waals surface area contributed by atoms with Gasteiger partial charge in [-0.3, -0.25) is 0 Å². The third-order valence-corrected chi connectivity index (χ3v) is 5.25. The van der Waals surface area contributed by atoms with Gasteiger partial charge < -0.3 is 9.84 Å². The Balaban J connectivity index is 2.00. The molecule has 0 aliphatic carbocycles. The predicted molar refractivity (Wildman–Crippen MR) is 67.6 cm³/mol. The molecular formula is C11H19N3O3S. The zero-order valence-corrected chi connectivity index (χ0v) is 11.5. The number of nitrogens with zero attached hydrogens (tertiary/aromatic N) is 1. The molecule has 6 nitrogen and oxygen atoms in total. The number of nitrogens with one attached hydrogen (secondary N) is 2. The zero-order valence-electron chi connectivity index (χ0n) is 10.7. The Kier molecular flexibility index (Phi) is 4.04. The van der Waals surface area contributed by atoms with Crippen molar-refractivity contribution in [2.45, 2.75) is 38.5 Å². The van der Waals surface area contributed by atoms with Gasteiger partial charge in [-0.1, -0.05) is 5.16 Å². The number of piperidine rings is 1.